The summed E-state index contributed by atoms with van der Waals surface area (Å²) in [6.45, 7) is 5.73. The van der Waals surface area contributed by atoms with Gasteiger partial charge in [0.1, 0.15) is 0 Å². The fraction of sp³-hybridized carbons (Fsp3) is 0.917. The normalized spacial score (nSPS) is 26.7. The minimum atomic E-state index is 0.0705. The van der Waals surface area contributed by atoms with Crippen molar-refractivity contribution in [2.45, 2.75) is 39.2 Å². The Hall–Kier alpha value is -0.0900. The van der Waals surface area contributed by atoms with Crippen LogP contribution in [0.2, 0.25) is 0 Å². The van der Waals surface area contributed by atoms with Crippen molar-refractivity contribution < 1.29 is 9.53 Å². The van der Waals surface area contributed by atoms with Gasteiger partial charge in [0.25, 0.3) is 0 Å². The van der Waals surface area contributed by atoms with E-state index in [0.29, 0.717) is 5.92 Å². The van der Waals surface area contributed by atoms with E-state index in [1.54, 1.807) is 0 Å². The highest BCUT2D eigenvalue weighted by atomic mass is 79.9. The number of rotatable bonds is 6. The summed E-state index contributed by atoms with van der Waals surface area (Å²) < 4.78 is 5.52. The molecular weight excluding hydrogens is 270 g/mol. The first-order valence-electron chi connectivity index (χ1n) is 6.14. The zero-order chi connectivity index (χ0) is 12.0. The Bertz CT molecular complexity index is 223. The highest BCUT2D eigenvalue weighted by Gasteiger charge is 2.32. The van der Waals surface area contributed by atoms with Crippen LogP contribution >= 0.6 is 15.9 Å². The van der Waals surface area contributed by atoms with E-state index < -0.39 is 0 Å². The van der Waals surface area contributed by atoms with Crippen molar-refractivity contribution in [1.82, 2.24) is 5.32 Å². The Balaban J connectivity index is 2.29. The van der Waals surface area contributed by atoms with Crippen LogP contribution in [0.15, 0.2) is 0 Å². The second kappa shape index (κ2) is 7.28. The fourth-order valence-electron chi connectivity index (χ4n) is 2.04. The molecule has 16 heavy (non-hydrogen) atoms. The Kier molecular flexibility index (Phi) is 6.36. The van der Waals surface area contributed by atoms with Gasteiger partial charge in [0, 0.05) is 18.5 Å². The Morgan fingerprint density at radius 2 is 2.38 bits per heavy atom. The van der Waals surface area contributed by atoms with E-state index in [1.807, 2.05) is 0 Å². The number of amides is 1. The Morgan fingerprint density at radius 1 is 1.62 bits per heavy atom. The van der Waals surface area contributed by atoms with Gasteiger partial charge in [0.2, 0.25) is 5.91 Å². The van der Waals surface area contributed by atoms with Crippen LogP contribution in [0, 0.1) is 11.8 Å². The number of carbonyl (C=O) groups excluding carboxylic acids is 1. The van der Waals surface area contributed by atoms with Gasteiger partial charge >= 0.3 is 0 Å². The molecule has 1 aliphatic rings. The second-order valence-corrected chi connectivity index (χ2v) is 5.33. The van der Waals surface area contributed by atoms with Crippen molar-refractivity contribution in [2.24, 2.45) is 11.8 Å². The van der Waals surface area contributed by atoms with Crippen LogP contribution in [0.25, 0.3) is 0 Å². The summed E-state index contributed by atoms with van der Waals surface area (Å²) in [6, 6.07) is 0. The molecule has 94 valence electrons. The summed E-state index contributed by atoms with van der Waals surface area (Å²) in [5.41, 5.74) is 0. The summed E-state index contributed by atoms with van der Waals surface area (Å²) in [4.78, 5) is 11.9. The molecule has 0 aromatic rings. The van der Waals surface area contributed by atoms with E-state index in [9.17, 15) is 4.79 Å². The maximum atomic E-state index is 11.9. The number of carbonyl (C=O) groups is 1. The zero-order valence-electron chi connectivity index (χ0n) is 10.2. The number of halogens is 1. The van der Waals surface area contributed by atoms with E-state index in [-0.39, 0.29) is 17.9 Å². The van der Waals surface area contributed by atoms with Crippen LogP contribution in [0.4, 0.5) is 0 Å². The lowest BCUT2D eigenvalue weighted by atomic mass is 9.98. The Labute approximate surface area is 106 Å². The topological polar surface area (TPSA) is 38.3 Å². The molecule has 1 saturated heterocycles. The number of nitrogens with one attached hydrogen (secondary N) is 1. The molecule has 1 fully saturated rings. The maximum absolute atomic E-state index is 11.9. The summed E-state index contributed by atoms with van der Waals surface area (Å²) in [6.07, 6.45) is 3.02. The second-order valence-electron chi connectivity index (χ2n) is 4.54. The smallest absolute Gasteiger partial charge is 0.225 e. The molecular formula is C12H22BrNO2. The SMILES string of the molecule is CCC1OCCC1C(=O)NCC(C)CCBr. The van der Waals surface area contributed by atoms with Crippen LogP contribution in [-0.2, 0) is 9.53 Å². The van der Waals surface area contributed by atoms with Gasteiger partial charge in [0.15, 0.2) is 0 Å². The third kappa shape index (κ3) is 4.06. The predicted molar refractivity (Wildman–Crippen MR) is 68.7 cm³/mol. The van der Waals surface area contributed by atoms with E-state index >= 15 is 0 Å². The lowest BCUT2D eigenvalue weighted by Crippen LogP contribution is -2.37. The molecule has 3 unspecified atom stereocenters. The van der Waals surface area contributed by atoms with Gasteiger partial charge in [-0.2, -0.15) is 0 Å². The van der Waals surface area contributed by atoms with Crippen molar-refractivity contribution in [3.63, 3.8) is 0 Å². The lowest BCUT2D eigenvalue weighted by Gasteiger charge is -2.18. The van der Waals surface area contributed by atoms with Crippen LogP contribution in [0.3, 0.4) is 0 Å². The van der Waals surface area contributed by atoms with Gasteiger partial charge in [0.05, 0.1) is 12.0 Å². The van der Waals surface area contributed by atoms with Gasteiger partial charge in [-0.15, -0.1) is 0 Å². The molecule has 1 heterocycles. The largest absolute Gasteiger partial charge is 0.377 e. The molecule has 0 bridgehead atoms. The first-order chi connectivity index (χ1) is 7.69. The molecule has 3 nitrogen and oxygen atoms in total. The predicted octanol–water partition coefficient (Wildman–Crippen LogP) is 2.34. The highest BCUT2D eigenvalue weighted by Crippen LogP contribution is 2.23. The molecule has 0 aromatic carbocycles. The highest BCUT2D eigenvalue weighted by molar-refractivity contribution is 9.09. The molecule has 1 aliphatic heterocycles. The summed E-state index contributed by atoms with van der Waals surface area (Å²) in [5, 5.41) is 4.03. The number of hydrogen-bond donors (Lipinski definition) is 1. The van der Waals surface area contributed by atoms with Gasteiger partial charge in [-0.25, -0.2) is 0 Å². The van der Waals surface area contributed by atoms with Crippen molar-refractivity contribution >= 4 is 21.8 Å². The van der Waals surface area contributed by atoms with E-state index in [1.165, 1.54) is 0 Å². The van der Waals surface area contributed by atoms with E-state index in [2.05, 4.69) is 35.1 Å². The fourth-order valence-corrected chi connectivity index (χ4v) is 2.83. The molecule has 0 radical (unpaired) electrons. The lowest BCUT2D eigenvalue weighted by molar-refractivity contribution is -0.126. The van der Waals surface area contributed by atoms with Crippen molar-refractivity contribution in [1.29, 1.82) is 0 Å². The van der Waals surface area contributed by atoms with Crippen LogP contribution in [-0.4, -0.2) is 30.5 Å². The van der Waals surface area contributed by atoms with Crippen LogP contribution in [0.1, 0.15) is 33.1 Å². The molecule has 0 aliphatic carbocycles. The van der Waals surface area contributed by atoms with E-state index in [0.717, 1.165) is 37.7 Å². The molecule has 4 heteroatoms. The molecule has 0 saturated carbocycles. The number of hydrogen-bond acceptors (Lipinski definition) is 2. The molecule has 1 rings (SSSR count). The van der Waals surface area contributed by atoms with Crippen molar-refractivity contribution in [2.75, 3.05) is 18.5 Å². The van der Waals surface area contributed by atoms with Gasteiger partial charge in [-0.3, -0.25) is 4.79 Å². The third-order valence-electron chi connectivity index (χ3n) is 3.18. The van der Waals surface area contributed by atoms with Gasteiger partial charge in [-0.05, 0) is 25.2 Å². The minimum Gasteiger partial charge on any atom is -0.377 e. The summed E-state index contributed by atoms with van der Waals surface area (Å²) in [5.74, 6) is 0.776. The Morgan fingerprint density at radius 3 is 3.00 bits per heavy atom. The average Bonchev–Trinajstić information content (AvgIpc) is 2.74. The minimum absolute atomic E-state index is 0.0705. The molecule has 1 amide bonds. The van der Waals surface area contributed by atoms with Crippen molar-refractivity contribution in [3.05, 3.63) is 0 Å². The average molecular weight is 292 g/mol. The zero-order valence-corrected chi connectivity index (χ0v) is 11.8. The number of alkyl halides is 1. The standard InChI is InChI=1S/C12H22BrNO2/c1-3-11-10(5-7-16-11)12(15)14-8-9(2)4-6-13/h9-11H,3-8H2,1-2H3,(H,14,15). The monoisotopic (exact) mass is 291 g/mol. The number of ether oxygens (including phenoxy) is 1. The maximum Gasteiger partial charge on any atom is 0.225 e. The van der Waals surface area contributed by atoms with Crippen LogP contribution < -0.4 is 5.32 Å². The summed E-state index contributed by atoms with van der Waals surface area (Å²) >= 11 is 3.41. The first-order valence-corrected chi connectivity index (χ1v) is 7.26. The third-order valence-corrected chi connectivity index (χ3v) is 3.63. The summed E-state index contributed by atoms with van der Waals surface area (Å²) in [7, 11) is 0. The van der Waals surface area contributed by atoms with Gasteiger partial charge < -0.3 is 10.1 Å². The quantitative estimate of drug-likeness (QED) is 0.763. The van der Waals surface area contributed by atoms with Crippen molar-refractivity contribution in [3.8, 4) is 0 Å². The molecule has 3 atom stereocenters. The molecule has 1 N–H and O–H groups in total. The van der Waals surface area contributed by atoms with E-state index in [4.69, 9.17) is 4.74 Å². The molecule has 0 aromatic heterocycles. The first kappa shape index (κ1) is 14.0. The molecule has 0 spiro atoms. The van der Waals surface area contributed by atoms with Gasteiger partial charge in [-0.1, -0.05) is 29.8 Å². The van der Waals surface area contributed by atoms with Crippen LogP contribution in [0.5, 0.6) is 0 Å².